The molecule has 35 heavy (non-hydrogen) atoms. The van der Waals surface area contributed by atoms with Crippen LogP contribution in [0.1, 0.15) is 58.6 Å². The monoisotopic (exact) mass is 487 g/mol. The number of amides is 1. The van der Waals surface area contributed by atoms with Gasteiger partial charge in [0.05, 0.1) is 5.69 Å². The molecule has 3 aromatic carbocycles. The number of ether oxygens (including phenoxy) is 1. The molecule has 178 valence electrons. The van der Waals surface area contributed by atoms with E-state index in [1.54, 1.807) is 54.6 Å². The van der Waals surface area contributed by atoms with Crippen LogP contribution in [-0.2, 0) is 12.0 Å². The van der Waals surface area contributed by atoms with Crippen molar-refractivity contribution >= 4 is 29.0 Å². The smallest absolute Gasteiger partial charge is 0.291 e. The largest absolute Gasteiger partial charge is 0.486 e. The lowest BCUT2D eigenvalue weighted by Crippen LogP contribution is -2.14. The van der Waals surface area contributed by atoms with Crippen molar-refractivity contribution in [2.24, 2.45) is 0 Å². The molecule has 0 aliphatic heterocycles. The van der Waals surface area contributed by atoms with Gasteiger partial charge in [0.2, 0.25) is 0 Å². The number of halogens is 1. The number of benzene rings is 3. The van der Waals surface area contributed by atoms with Crippen LogP contribution in [0, 0.1) is 0 Å². The number of carbonyl (C=O) groups excluding carboxylic acids is 2. The van der Waals surface area contributed by atoms with Crippen LogP contribution in [0.25, 0.3) is 0 Å². The molecule has 0 radical (unpaired) electrons. The maximum atomic E-state index is 13.0. The van der Waals surface area contributed by atoms with Gasteiger partial charge in [-0.25, -0.2) is 0 Å². The lowest BCUT2D eigenvalue weighted by atomic mass is 9.87. The SMILES string of the molecule is CC(C)(C)c1ccc(OCc2ccc(C(=O)Nc3ccc(Cl)cc3C(=O)c3ccccc3)o2)cc1. The molecule has 6 heteroatoms. The van der Waals surface area contributed by atoms with Gasteiger partial charge in [-0.15, -0.1) is 0 Å². The van der Waals surface area contributed by atoms with Crippen LogP contribution in [0.4, 0.5) is 5.69 Å². The summed E-state index contributed by atoms with van der Waals surface area (Å²) in [6, 6.07) is 24.8. The van der Waals surface area contributed by atoms with E-state index in [1.165, 1.54) is 5.56 Å². The Hall–Kier alpha value is -3.83. The van der Waals surface area contributed by atoms with Crippen molar-refractivity contribution < 1.29 is 18.7 Å². The zero-order valence-corrected chi connectivity index (χ0v) is 20.6. The zero-order valence-electron chi connectivity index (χ0n) is 19.8. The maximum Gasteiger partial charge on any atom is 0.291 e. The first-order chi connectivity index (χ1) is 16.7. The first-order valence-electron chi connectivity index (χ1n) is 11.2. The van der Waals surface area contributed by atoms with Gasteiger partial charge in [-0.05, 0) is 53.4 Å². The van der Waals surface area contributed by atoms with Crippen LogP contribution >= 0.6 is 11.6 Å². The Morgan fingerprint density at radius 2 is 1.63 bits per heavy atom. The molecule has 0 saturated carbocycles. The molecule has 0 fully saturated rings. The molecule has 4 aromatic rings. The van der Waals surface area contributed by atoms with Gasteiger partial charge in [0.15, 0.2) is 11.5 Å². The third-order valence-corrected chi connectivity index (χ3v) is 5.73. The van der Waals surface area contributed by atoms with E-state index in [4.69, 9.17) is 20.8 Å². The second-order valence-electron chi connectivity index (χ2n) is 9.17. The predicted octanol–water partition coefficient (Wildman–Crippen LogP) is 7.29. The Bertz CT molecular complexity index is 1340. The first-order valence-corrected chi connectivity index (χ1v) is 11.6. The van der Waals surface area contributed by atoms with Crippen molar-refractivity contribution in [3.8, 4) is 5.75 Å². The zero-order chi connectivity index (χ0) is 25.0. The normalized spacial score (nSPS) is 11.2. The van der Waals surface area contributed by atoms with Crippen LogP contribution in [0.15, 0.2) is 89.3 Å². The molecule has 1 aromatic heterocycles. The van der Waals surface area contributed by atoms with E-state index in [1.807, 2.05) is 30.3 Å². The maximum absolute atomic E-state index is 13.0. The molecule has 0 spiro atoms. The van der Waals surface area contributed by atoms with E-state index in [9.17, 15) is 9.59 Å². The molecule has 1 heterocycles. The summed E-state index contributed by atoms with van der Waals surface area (Å²) in [5.74, 6) is 0.613. The third kappa shape index (κ3) is 6.00. The average Bonchev–Trinajstić information content (AvgIpc) is 3.33. The first kappa shape index (κ1) is 24.3. The van der Waals surface area contributed by atoms with Gasteiger partial charge in [-0.1, -0.05) is 74.8 Å². The number of hydrogen-bond acceptors (Lipinski definition) is 4. The standard InChI is InChI=1S/C29H26ClNO4/c1-29(2,3)20-9-12-22(13-10-20)34-18-23-14-16-26(35-23)28(33)31-25-15-11-21(30)17-24(25)27(32)19-7-5-4-6-8-19/h4-17H,18H2,1-3H3,(H,31,33). The molecule has 4 rings (SSSR count). The number of rotatable bonds is 7. The summed E-state index contributed by atoms with van der Waals surface area (Å²) < 4.78 is 11.5. The van der Waals surface area contributed by atoms with Crippen LogP contribution in [0.2, 0.25) is 5.02 Å². The van der Waals surface area contributed by atoms with Crippen molar-refractivity contribution in [2.75, 3.05) is 5.32 Å². The number of carbonyl (C=O) groups is 2. The van der Waals surface area contributed by atoms with E-state index in [0.29, 0.717) is 33.3 Å². The molecular weight excluding hydrogens is 462 g/mol. The van der Waals surface area contributed by atoms with Gasteiger partial charge in [-0.2, -0.15) is 0 Å². The van der Waals surface area contributed by atoms with Crippen LogP contribution in [0.5, 0.6) is 5.75 Å². The minimum Gasteiger partial charge on any atom is -0.486 e. The van der Waals surface area contributed by atoms with E-state index >= 15 is 0 Å². The molecule has 1 N–H and O–H groups in total. The van der Waals surface area contributed by atoms with Crippen molar-refractivity contribution in [2.45, 2.75) is 32.8 Å². The second-order valence-corrected chi connectivity index (χ2v) is 9.60. The van der Waals surface area contributed by atoms with Gasteiger partial charge < -0.3 is 14.5 Å². The molecule has 0 atom stereocenters. The summed E-state index contributed by atoms with van der Waals surface area (Å²) in [6.45, 7) is 6.65. The quantitative estimate of drug-likeness (QED) is 0.278. The summed E-state index contributed by atoms with van der Waals surface area (Å²) in [7, 11) is 0. The van der Waals surface area contributed by atoms with E-state index in [-0.39, 0.29) is 23.6 Å². The Morgan fingerprint density at radius 1 is 0.914 bits per heavy atom. The molecule has 0 bridgehead atoms. The highest BCUT2D eigenvalue weighted by atomic mass is 35.5. The topological polar surface area (TPSA) is 68.5 Å². The van der Waals surface area contributed by atoms with Gasteiger partial charge in [0.1, 0.15) is 18.1 Å². The number of furan rings is 1. The van der Waals surface area contributed by atoms with Crippen LogP contribution in [0.3, 0.4) is 0 Å². The molecule has 0 aliphatic rings. The molecular formula is C29H26ClNO4. The highest BCUT2D eigenvalue weighted by molar-refractivity contribution is 6.31. The summed E-state index contributed by atoms with van der Waals surface area (Å²) in [6.07, 6.45) is 0. The lowest BCUT2D eigenvalue weighted by molar-refractivity contribution is 0.0992. The molecule has 0 unspecified atom stereocenters. The van der Waals surface area contributed by atoms with E-state index in [0.717, 1.165) is 0 Å². The molecule has 1 amide bonds. The Balaban J connectivity index is 1.44. The van der Waals surface area contributed by atoms with Crippen molar-refractivity contribution in [3.05, 3.63) is 118 Å². The molecule has 0 saturated heterocycles. The van der Waals surface area contributed by atoms with E-state index < -0.39 is 5.91 Å². The molecule has 0 aliphatic carbocycles. The fraction of sp³-hybridized carbons (Fsp3) is 0.172. The van der Waals surface area contributed by atoms with Crippen LogP contribution in [-0.4, -0.2) is 11.7 Å². The second kappa shape index (κ2) is 10.2. The number of hydrogen-bond donors (Lipinski definition) is 1. The predicted molar refractivity (Wildman–Crippen MR) is 137 cm³/mol. The van der Waals surface area contributed by atoms with Crippen molar-refractivity contribution in [1.29, 1.82) is 0 Å². The van der Waals surface area contributed by atoms with E-state index in [2.05, 4.69) is 26.1 Å². The minimum atomic E-state index is -0.477. The average molecular weight is 488 g/mol. The summed E-state index contributed by atoms with van der Waals surface area (Å²) in [5.41, 5.74) is 2.43. The van der Waals surface area contributed by atoms with Gasteiger partial charge in [0.25, 0.3) is 5.91 Å². The lowest BCUT2D eigenvalue weighted by Gasteiger charge is -2.19. The van der Waals surface area contributed by atoms with Gasteiger partial charge in [-0.3, -0.25) is 9.59 Å². The Labute approximate surface area is 209 Å². The third-order valence-electron chi connectivity index (χ3n) is 5.50. The van der Waals surface area contributed by atoms with Gasteiger partial charge >= 0.3 is 0 Å². The Morgan fingerprint density at radius 3 is 2.31 bits per heavy atom. The van der Waals surface area contributed by atoms with Gasteiger partial charge in [0, 0.05) is 16.1 Å². The molecule has 5 nitrogen and oxygen atoms in total. The fourth-order valence-electron chi connectivity index (χ4n) is 3.53. The van der Waals surface area contributed by atoms with Crippen molar-refractivity contribution in [1.82, 2.24) is 0 Å². The highest BCUT2D eigenvalue weighted by Crippen LogP contribution is 2.26. The number of ketones is 1. The fourth-order valence-corrected chi connectivity index (χ4v) is 3.70. The Kier molecular flexibility index (Phi) is 7.08. The number of nitrogens with one attached hydrogen (secondary N) is 1. The summed E-state index contributed by atoms with van der Waals surface area (Å²) in [5, 5.41) is 3.16. The minimum absolute atomic E-state index is 0.0669. The number of anilines is 1. The highest BCUT2D eigenvalue weighted by Gasteiger charge is 2.19. The summed E-state index contributed by atoms with van der Waals surface area (Å²) in [4.78, 5) is 25.8. The van der Waals surface area contributed by atoms with Crippen LogP contribution < -0.4 is 10.1 Å². The summed E-state index contributed by atoms with van der Waals surface area (Å²) >= 11 is 6.12. The van der Waals surface area contributed by atoms with Crippen molar-refractivity contribution in [3.63, 3.8) is 0 Å².